The number of carboxylic acid groups (broad SMARTS) is 1. The van der Waals surface area contributed by atoms with E-state index < -0.39 is 5.97 Å². The second-order valence-corrected chi connectivity index (χ2v) is 2.08. The molecular weight excluding hydrogens is 217 g/mol. The fourth-order valence-electron chi connectivity index (χ4n) is 0.730. The van der Waals surface area contributed by atoms with Crippen molar-refractivity contribution in [3.05, 3.63) is 23.8 Å². The predicted octanol–water partition coefficient (Wildman–Crippen LogP) is 1.52. The van der Waals surface area contributed by atoms with Gasteiger partial charge in [0.05, 0.1) is 0 Å². The monoisotopic (exact) mass is 225 g/mol. The van der Waals surface area contributed by atoms with Crippen LogP contribution in [0.3, 0.4) is 0 Å². The van der Waals surface area contributed by atoms with E-state index in [1.54, 1.807) is 0 Å². The fourth-order valence-corrected chi connectivity index (χ4v) is 0.730. The van der Waals surface area contributed by atoms with E-state index in [2.05, 4.69) is 0 Å². The predicted molar refractivity (Wildman–Crippen MR) is 54.0 cm³/mol. The number of phenols is 1. The molecule has 1 aromatic rings. The molecule has 0 fully saturated rings. The molecule has 0 saturated carbocycles. The number of halogens is 2. The van der Waals surface area contributed by atoms with E-state index in [1.165, 1.54) is 18.2 Å². The molecule has 0 aromatic heterocycles. The molecule has 0 atom stereocenters. The molecule has 0 radical (unpaired) electrons. The Morgan fingerprint density at radius 2 is 1.85 bits per heavy atom. The van der Waals surface area contributed by atoms with Crippen LogP contribution in [0.5, 0.6) is 5.75 Å². The Balaban J connectivity index is 0. The van der Waals surface area contributed by atoms with Gasteiger partial charge in [0.1, 0.15) is 11.3 Å². The van der Waals surface area contributed by atoms with Crippen LogP contribution in [0.2, 0.25) is 0 Å². The number of carboxylic acids is 1. The van der Waals surface area contributed by atoms with E-state index >= 15 is 0 Å². The number of carbonyl (C=O) groups is 1. The maximum atomic E-state index is 10.3. The zero-order valence-electron chi connectivity index (χ0n) is 6.43. The second-order valence-electron chi connectivity index (χ2n) is 2.08. The van der Waals surface area contributed by atoms with Gasteiger partial charge in [-0.1, -0.05) is 0 Å². The third-order valence-corrected chi connectivity index (χ3v) is 1.25. The van der Waals surface area contributed by atoms with Crippen molar-refractivity contribution in [1.82, 2.24) is 0 Å². The van der Waals surface area contributed by atoms with Gasteiger partial charge >= 0.3 is 5.97 Å². The van der Waals surface area contributed by atoms with Crippen molar-refractivity contribution in [1.29, 1.82) is 0 Å². The SMILES string of the molecule is Cl.Cl.Nc1ccc(C(=O)O)c(O)c1. The topological polar surface area (TPSA) is 83.6 Å². The molecule has 0 bridgehead atoms. The highest BCUT2D eigenvalue weighted by Gasteiger charge is 2.07. The zero-order valence-corrected chi connectivity index (χ0v) is 8.06. The summed E-state index contributed by atoms with van der Waals surface area (Å²) < 4.78 is 0. The lowest BCUT2D eigenvalue weighted by molar-refractivity contribution is 0.0694. The van der Waals surface area contributed by atoms with Gasteiger partial charge in [0.2, 0.25) is 0 Å². The summed E-state index contributed by atoms with van der Waals surface area (Å²) in [6.45, 7) is 0. The smallest absolute Gasteiger partial charge is 0.339 e. The summed E-state index contributed by atoms with van der Waals surface area (Å²) in [6, 6.07) is 3.87. The maximum absolute atomic E-state index is 10.3. The molecule has 0 unspecified atom stereocenters. The number of rotatable bonds is 1. The Labute approximate surface area is 87.2 Å². The normalized spacial score (nSPS) is 8.00. The highest BCUT2D eigenvalue weighted by molar-refractivity contribution is 5.91. The first-order valence-electron chi connectivity index (χ1n) is 2.93. The van der Waals surface area contributed by atoms with Crippen molar-refractivity contribution in [2.24, 2.45) is 0 Å². The molecule has 4 N–H and O–H groups in total. The largest absolute Gasteiger partial charge is 0.507 e. The van der Waals surface area contributed by atoms with Crippen LogP contribution in [0.25, 0.3) is 0 Å². The van der Waals surface area contributed by atoms with Gasteiger partial charge in [-0.2, -0.15) is 0 Å². The Kier molecular flexibility index (Phi) is 6.10. The van der Waals surface area contributed by atoms with Gasteiger partial charge in [-0.25, -0.2) is 4.79 Å². The van der Waals surface area contributed by atoms with Crippen LogP contribution in [-0.2, 0) is 0 Å². The number of anilines is 1. The van der Waals surface area contributed by atoms with E-state index in [4.69, 9.17) is 15.9 Å². The van der Waals surface area contributed by atoms with Crippen LogP contribution in [0.15, 0.2) is 18.2 Å². The quantitative estimate of drug-likeness (QED) is 0.634. The minimum atomic E-state index is -1.16. The number of benzene rings is 1. The summed E-state index contributed by atoms with van der Waals surface area (Å²) in [5.74, 6) is -1.47. The Bertz CT molecular complexity index is 304. The number of aromatic hydroxyl groups is 1. The molecule has 0 spiro atoms. The highest BCUT2D eigenvalue weighted by Crippen LogP contribution is 2.19. The number of nitrogens with two attached hydrogens (primary N) is 1. The van der Waals surface area contributed by atoms with Crippen LogP contribution >= 0.6 is 24.8 Å². The van der Waals surface area contributed by atoms with Crippen molar-refractivity contribution in [2.75, 3.05) is 5.73 Å². The molecule has 13 heavy (non-hydrogen) atoms. The van der Waals surface area contributed by atoms with Crippen LogP contribution in [0.4, 0.5) is 5.69 Å². The lowest BCUT2D eigenvalue weighted by Gasteiger charge is -1.98. The summed E-state index contributed by atoms with van der Waals surface area (Å²) in [4.78, 5) is 10.3. The number of hydrogen-bond donors (Lipinski definition) is 3. The summed E-state index contributed by atoms with van der Waals surface area (Å²) >= 11 is 0. The zero-order chi connectivity index (χ0) is 8.43. The van der Waals surface area contributed by atoms with Gasteiger partial charge in [-0.05, 0) is 12.1 Å². The molecule has 74 valence electrons. The van der Waals surface area contributed by atoms with E-state index in [-0.39, 0.29) is 36.1 Å². The fraction of sp³-hybridized carbons (Fsp3) is 0. The molecule has 0 saturated heterocycles. The van der Waals surface area contributed by atoms with E-state index in [9.17, 15) is 4.79 Å². The molecule has 0 aliphatic rings. The highest BCUT2D eigenvalue weighted by atomic mass is 35.5. The van der Waals surface area contributed by atoms with Crippen LogP contribution < -0.4 is 5.73 Å². The number of nitrogen functional groups attached to an aromatic ring is 1. The molecule has 0 aliphatic carbocycles. The first kappa shape index (κ1) is 14.4. The lowest BCUT2D eigenvalue weighted by Crippen LogP contribution is -1.97. The lowest BCUT2D eigenvalue weighted by atomic mass is 10.2. The van der Waals surface area contributed by atoms with Gasteiger partial charge < -0.3 is 15.9 Å². The van der Waals surface area contributed by atoms with Crippen molar-refractivity contribution >= 4 is 36.5 Å². The average molecular weight is 226 g/mol. The van der Waals surface area contributed by atoms with E-state index in [1.807, 2.05) is 0 Å². The van der Waals surface area contributed by atoms with Crippen molar-refractivity contribution in [3.8, 4) is 5.75 Å². The number of hydrogen-bond acceptors (Lipinski definition) is 3. The standard InChI is InChI=1S/C7H7NO3.2ClH/c8-4-1-2-5(7(10)11)6(9)3-4;;/h1-3,9H,8H2,(H,10,11);2*1H. The Hall–Kier alpha value is -1.13. The molecule has 0 heterocycles. The summed E-state index contributed by atoms with van der Waals surface area (Å²) in [5, 5.41) is 17.5. The minimum Gasteiger partial charge on any atom is -0.507 e. The van der Waals surface area contributed by atoms with E-state index in [0.717, 1.165) is 0 Å². The molecule has 0 aliphatic heterocycles. The van der Waals surface area contributed by atoms with Crippen molar-refractivity contribution in [3.63, 3.8) is 0 Å². The van der Waals surface area contributed by atoms with Crippen LogP contribution in [-0.4, -0.2) is 16.2 Å². The first-order chi connectivity index (χ1) is 5.11. The van der Waals surface area contributed by atoms with Gasteiger partial charge in [-0.15, -0.1) is 24.8 Å². The van der Waals surface area contributed by atoms with Gasteiger partial charge in [0.25, 0.3) is 0 Å². The van der Waals surface area contributed by atoms with Crippen LogP contribution in [0, 0.1) is 0 Å². The summed E-state index contributed by atoms with van der Waals surface area (Å²) in [6.07, 6.45) is 0. The third kappa shape index (κ3) is 3.40. The molecule has 6 heteroatoms. The molecule has 0 amide bonds. The second kappa shape index (κ2) is 5.50. The van der Waals surface area contributed by atoms with Crippen molar-refractivity contribution < 1.29 is 15.0 Å². The van der Waals surface area contributed by atoms with Crippen LogP contribution in [0.1, 0.15) is 10.4 Å². The number of aromatic carboxylic acids is 1. The van der Waals surface area contributed by atoms with Gasteiger partial charge in [0.15, 0.2) is 0 Å². The van der Waals surface area contributed by atoms with Gasteiger partial charge in [0, 0.05) is 11.8 Å². The van der Waals surface area contributed by atoms with Crippen molar-refractivity contribution in [2.45, 2.75) is 0 Å². The molecule has 1 aromatic carbocycles. The molecule has 4 nitrogen and oxygen atoms in total. The summed E-state index contributed by atoms with van der Waals surface area (Å²) in [5.41, 5.74) is 5.48. The molecular formula is C7H9Cl2NO3. The maximum Gasteiger partial charge on any atom is 0.339 e. The van der Waals surface area contributed by atoms with E-state index in [0.29, 0.717) is 5.69 Å². The third-order valence-electron chi connectivity index (χ3n) is 1.25. The first-order valence-corrected chi connectivity index (χ1v) is 2.93. The molecule has 1 rings (SSSR count). The average Bonchev–Trinajstić information content (AvgIpc) is 1.85. The Morgan fingerprint density at radius 3 is 2.23 bits per heavy atom. The van der Waals surface area contributed by atoms with Gasteiger partial charge in [-0.3, -0.25) is 0 Å². The minimum absolute atomic E-state index is 0. The summed E-state index contributed by atoms with van der Waals surface area (Å²) in [7, 11) is 0. The Morgan fingerprint density at radius 1 is 1.31 bits per heavy atom.